The number of carbonyl (C=O) groups is 2. The van der Waals surface area contributed by atoms with Crippen molar-refractivity contribution in [2.75, 3.05) is 13.2 Å². The predicted octanol–water partition coefficient (Wildman–Crippen LogP) is 23.6. The van der Waals surface area contributed by atoms with Crippen LogP contribution in [0.25, 0.3) is 0 Å². The van der Waals surface area contributed by atoms with Gasteiger partial charge < -0.3 is 20.3 Å². The Kier molecular flexibility index (Phi) is 68.4. The summed E-state index contributed by atoms with van der Waals surface area (Å²) in [5, 5.41) is 23.1. The first kappa shape index (κ1) is 78.8. The Morgan fingerprint density at radius 3 is 0.951 bits per heavy atom. The summed E-state index contributed by atoms with van der Waals surface area (Å²) in [5.41, 5.74) is 0. The molecule has 2 atom stereocenters. The maximum absolute atomic E-state index is 12.5. The lowest BCUT2D eigenvalue weighted by Gasteiger charge is -2.20. The Bertz CT molecular complexity index is 1360. The van der Waals surface area contributed by atoms with Crippen LogP contribution in [0.1, 0.15) is 393 Å². The second-order valence-corrected chi connectivity index (χ2v) is 24.9. The molecule has 0 spiro atoms. The molecule has 6 heteroatoms. The molecule has 0 aromatic rings. The molecule has 0 fully saturated rings. The van der Waals surface area contributed by atoms with Crippen molar-refractivity contribution in [3.63, 3.8) is 0 Å². The standard InChI is InChI=1S/C75H141NO5/c1-3-5-7-9-11-13-15-17-18-38-42-45-49-53-57-61-65-69-75(80)81-70-66-62-58-54-50-46-43-40-37-35-33-31-29-27-25-23-21-19-20-22-24-26-28-30-32-34-36-39-41-44-48-52-56-60-64-68-74(79)76-72(71-77)73(78)67-63-59-55-51-47-16-14-12-10-8-6-4-2/h17-18,21,23,27,29,63,67,72-73,77-78H,3-16,19-20,22,24-26,28,30-62,64-66,68-71H2,1-2H3,(H,76,79)/b18-17-,23-21-,29-27-,67-63+. The van der Waals surface area contributed by atoms with Crippen molar-refractivity contribution in [1.29, 1.82) is 0 Å². The minimum absolute atomic E-state index is 0.0134. The van der Waals surface area contributed by atoms with Crippen LogP contribution in [-0.4, -0.2) is 47.4 Å². The summed E-state index contributed by atoms with van der Waals surface area (Å²) in [7, 11) is 0. The van der Waals surface area contributed by atoms with E-state index < -0.39 is 12.1 Å². The molecule has 2 unspecified atom stereocenters. The van der Waals surface area contributed by atoms with Gasteiger partial charge in [0.2, 0.25) is 5.91 Å². The number of carbonyl (C=O) groups excluding carboxylic acids is 2. The van der Waals surface area contributed by atoms with E-state index in [4.69, 9.17) is 4.74 Å². The van der Waals surface area contributed by atoms with Crippen molar-refractivity contribution >= 4 is 11.9 Å². The molecule has 0 saturated carbocycles. The van der Waals surface area contributed by atoms with Gasteiger partial charge in [-0.05, 0) is 89.9 Å². The van der Waals surface area contributed by atoms with E-state index in [0.29, 0.717) is 19.4 Å². The molecule has 0 aliphatic rings. The lowest BCUT2D eigenvalue weighted by molar-refractivity contribution is -0.143. The molecule has 81 heavy (non-hydrogen) atoms. The van der Waals surface area contributed by atoms with Crippen LogP contribution in [0, 0.1) is 0 Å². The van der Waals surface area contributed by atoms with E-state index in [1.165, 1.54) is 315 Å². The largest absolute Gasteiger partial charge is 0.466 e. The molecule has 0 saturated heterocycles. The number of nitrogens with one attached hydrogen (secondary N) is 1. The number of amides is 1. The summed E-state index contributed by atoms with van der Waals surface area (Å²) < 4.78 is 5.50. The fraction of sp³-hybridized carbons (Fsp3) is 0.867. The summed E-state index contributed by atoms with van der Waals surface area (Å²) in [6, 6.07) is -0.625. The molecular weight excluding hydrogens is 995 g/mol. The quantitative estimate of drug-likeness (QED) is 0.0320. The fourth-order valence-electron chi connectivity index (χ4n) is 11.3. The third-order valence-corrected chi connectivity index (χ3v) is 16.8. The number of rotatable bonds is 68. The van der Waals surface area contributed by atoms with E-state index in [1.807, 2.05) is 6.08 Å². The van der Waals surface area contributed by atoms with Crippen LogP contribution >= 0.6 is 0 Å². The molecule has 0 bridgehead atoms. The van der Waals surface area contributed by atoms with Crippen LogP contribution < -0.4 is 5.32 Å². The summed E-state index contributed by atoms with van der Waals surface area (Å²) >= 11 is 0. The summed E-state index contributed by atoms with van der Waals surface area (Å²) in [5.74, 6) is -0.0518. The minimum atomic E-state index is -0.842. The summed E-state index contributed by atoms with van der Waals surface area (Å²) in [4.78, 5) is 24.6. The number of aliphatic hydroxyl groups excluding tert-OH is 2. The number of esters is 1. The molecule has 0 heterocycles. The molecule has 3 N–H and O–H groups in total. The van der Waals surface area contributed by atoms with Gasteiger partial charge in [0.05, 0.1) is 25.4 Å². The van der Waals surface area contributed by atoms with E-state index >= 15 is 0 Å². The molecule has 0 aliphatic carbocycles. The van der Waals surface area contributed by atoms with Gasteiger partial charge in [-0.1, -0.05) is 339 Å². The van der Waals surface area contributed by atoms with Gasteiger partial charge in [-0.3, -0.25) is 9.59 Å². The molecule has 0 aliphatic heterocycles. The number of aliphatic hydroxyl groups is 2. The summed E-state index contributed by atoms with van der Waals surface area (Å²) in [6.45, 7) is 4.91. The maximum atomic E-state index is 12.5. The van der Waals surface area contributed by atoms with Gasteiger partial charge in [0.25, 0.3) is 0 Å². The van der Waals surface area contributed by atoms with Gasteiger partial charge in [-0.15, -0.1) is 0 Å². The first-order chi connectivity index (χ1) is 40.0. The average molecular weight is 1140 g/mol. The SMILES string of the molecule is CCCCCCCC/C=C\CCCCCCCCCC(=O)OCCCCCCCCCCCCC/C=C\C/C=C\CCCCCCCCCCCCCCCCCCCC(=O)NC(CO)C(O)/C=C/CCCCCCCCCCCC. The smallest absolute Gasteiger partial charge is 0.305 e. The molecule has 6 nitrogen and oxygen atoms in total. The van der Waals surface area contributed by atoms with Crippen LogP contribution in [0.2, 0.25) is 0 Å². The Hall–Kier alpha value is -2.18. The molecule has 1 amide bonds. The van der Waals surface area contributed by atoms with Crippen molar-refractivity contribution in [1.82, 2.24) is 5.32 Å². The number of hydrogen-bond acceptors (Lipinski definition) is 5. The van der Waals surface area contributed by atoms with Gasteiger partial charge in [0.1, 0.15) is 0 Å². The van der Waals surface area contributed by atoms with Crippen molar-refractivity contribution in [2.45, 2.75) is 405 Å². The van der Waals surface area contributed by atoms with Crippen LogP contribution in [0.3, 0.4) is 0 Å². The highest BCUT2D eigenvalue weighted by molar-refractivity contribution is 5.76. The molecular formula is C75H141NO5. The highest BCUT2D eigenvalue weighted by Gasteiger charge is 2.18. The molecule has 476 valence electrons. The van der Waals surface area contributed by atoms with Gasteiger partial charge in [0.15, 0.2) is 0 Å². The second-order valence-electron chi connectivity index (χ2n) is 24.9. The Morgan fingerprint density at radius 2 is 0.617 bits per heavy atom. The topological polar surface area (TPSA) is 95.9 Å². The van der Waals surface area contributed by atoms with Crippen LogP contribution in [0.4, 0.5) is 0 Å². The first-order valence-electron chi connectivity index (χ1n) is 36.4. The Labute approximate surface area is 506 Å². The van der Waals surface area contributed by atoms with Gasteiger partial charge in [-0.2, -0.15) is 0 Å². The van der Waals surface area contributed by atoms with E-state index in [0.717, 1.165) is 51.4 Å². The first-order valence-corrected chi connectivity index (χ1v) is 36.4. The second kappa shape index (κ2) is 70.3. The third-order valence-electron chi connectivity index (χ3n) is 16.8. The van der Waals surface area contributed by atoms with E-state index in [9.17, 15) is 19.8 Å². The molecule has 0 radical (unpaired) electrons. The Morgan fingerprint density at radius 1 is 0.346 bits per heavy atom. The zero-order valence-electron chi connectivity index (χ0n) is 54.5. The van der Waals surface area contributed by atoms with Gasteiger partial charge in [0, 0.05) is 12.8 Å². The lowest BCUT2D eigenvalue weighted by Crippen LogP contribution is -2.45. The molecule has 0 aromatic heterocycles. The highest BCUT2D eigenvalue weighted by atomic mass is 16.5. The zero-order chi connectivity index (χ0) is 58.5. The molecule has 0 aromatic carbocycles. The monoisotopic (exact) mass is 1140 g/mol. The van der Waals surface area contributed by atoms with E-state index in [1.54, 1.807) is 6.08 Å². The number of ether oxygens (including phenoxy) is 1. The van der Waals surface area contributed by atoms with Gasteiger partial charge >= 0.3 is 5.97 Å². The minimum Gasteiger partial charge on any atom is -0.466 e. The van der Waals surface area contributed by atoms with Crippen molar-refractivity contribution in [3.8, 4) is 0 Å². The predicted molar refractivity (Wildman–Crippen MR) is 356 cm³/mol. The maximum Gasteiger partial charge on any atom is 0.305 e. The van der Waals surface area contributed by atoms with Crippen molar-refractivity contribution in [2.24, 2.45) is 0 Å². The lowest BCUT2D eigenvalue weighted by atomic mass is 10.0. The van der Waals surface area contributed by atoms with Crippen LogP contribution in [0.15, 0.2) is 48.6 Å². The van der Waals surface area contributed by atoms with Crippen molar-refractivity contribution < 1.29 is 24.5 Å². The van der Waals surface area contributed by atoms with Gasteiger partial charge in [-0.25, -0.2) is 0 Å². The zero-order valence-corrected chi connectivity index (χ0v) is 54.5. The number of allylic oxidation sites excluding steroid dienone is 7. The number of hydrogen-bond donors (Lipinski definition) is 3. The van der Waals surface area contributed by atoms with Crippen molar-refractivity contribution in [3.05, 3.63) is 48.6 Å². The fourth-order valence-corrected chi connectivity index (χ4v) is 11.3. The van der Waals surface area contributed by atoms with Crippen LogP contribution in [-0.2, 0) is 14.3 Å². The normalized spacial score (nSPS) is 12.8. The molecule has 0 rings (SSSR count). The average Bonchev–Trinajstić information content (AvgIpc) is 3.47. The summed E-state index contributed by atoms with van der Waals surface area (Å²) in [6.07, 6.45) is 92.1. The highest BCUT2D eigenvalue weighted by Crippen LogP contribution is 2.18. The van der Waals surface area contributed by atoms with Crippen LogP contribution in [0.5, 0.6) is 0 Å². The third kappa shape index (κ3) is 66.8. The van der Waals surface area contributed by atoms with E-state index in [2.05, 4.69) is 55.6 Å². The Balaban J connectivity index is 3.36. The number of unbranched alkanes of at least 4 members (excludes halogenated alkanes) is 51. The van der Waals surface area contributed by atoms with E-state index in [-0.39, 0.29) is 18.5 Å².